The molecule has 0 bridgehead atoms. The van der Waals surface area contributed by atoms with Crippen LogP contribution in [0, 0.1) is 12.7 Å². The zero-order valence-corrected chi connectivity index (χ0v) is 15.6. The summed E-state index contributed by atoms with van der Waals surface area (Å²) in [4.78, 5) is 16.0. The van der Waals surface area contributed by atoms with Crippen LogP contribution >= 0.6 is 0 Å². The summed E-state index contributed by atoms with van der Waals surface area (Å²) in [7, 11) is 0. The van der Waals surface area contributed by atoms with Crippen molar-refractivity contribution in [1.29, 1.82) is 0 Å². The topological polar surface area (TPSA) is 61.1 Å². The Morgan fingerprint density at radius 1 is 1.22 bits per heavy atom. The van der Waals surface area contributed by atoms with E-state index in [4.69, 9.17) is 4.98 Å². The summed E-state index contributed by atoms with van der Waals surface area (Å²) in [6.45, 7) is 5.76. The second kappa shape index (κ2) is 7.10. The van der Waals surface area contributed by atoms with E-state index < -0.39 is 5.82 Å². The molecule has 0 aliphatic carbocycles. The Hall–Kier alpha value is -2.76. The first kappa shape index (κ1) is 17.6. The van der Waals surface area contributed by atoms with E-state index in [9.17, 15) is 9.50 Å². The van der Waals surface area contributed by atoms with Gasteiger partial charge in [-0.2, -0.15) is 0 Å². The number of phenols is 1. The van der Waals surface area contributed by atoms with Gasteiger partial charge in [-0.1, -0.05) is 0 Å². The van der Waals surface area contributed by atoms with Gasteiger partial charge < -0.3 is 10.0 Å². The highest BCUT2D eigenvalue weighted by atomic mass is 19.1. The molecule has 3 heterocycles. The number of aliphatic imine (C=N–C) groups is 2. The average Bonchev–Trinajstić information content (AvgIpc) is 3.14. The molecule has 0 spiro atoms. The number of aryl methyl sites for hydroxylation is 1. The molecular weight excluding hydrogens is 343 g/mol. The van der Waals surface area contributed by atoms with Gasteiger partial charge in [-0.25, -0.2) is 14.4 Å². The molecule has 1 saturated heterocycles. The molecule has 1 aromatic carbocycles. The van der Waals surface area contributed by atoms with Crippen LogP contribution in [0.3, 0.4) is 0 Å². The van der Waals surface area contributed by atoms with Gasteiger partial charge in [-0.3, -0.25) is 4.99 Å². The Balaban J connectivity index is 1.60. The van der Waals surface area contributed by atoms with Crippen LogP contribution in [0.25, 0.3) is 0 Å². The molecule has 1 aromatic heterocycles. The predicted molar refractivity (Wildman–Crippen MR) is 106 cm³/mol. The number of nitrogens with zero attached hydrogens (tertiary/aromatic N) is 4. The number of benzene rings is 1. The molecule has 6 heteroatoms. The average molecular weight is 366 g/mol. The number of pyridine rings is 1. The third-order valence-electron chi connectivity index (χ3n) is 5.28. The number of amidine groups is 1. The molecule has 1 N–H and O–H groups in total. The minimum Gasteiger partial charge on any atom is -0.507 e. The van der Waals surface area contributed by atoms with E-state index in [0.717, 1.165) is 29.2 Å². The number of rotatable bonds is 3. The Morgan fingerprint density at radius 3 is 2.85 bits per heavy atom. The van der Waals surface area contributed by atoms with Crippen LogP contribution in [-0.2, 0) is 0 Å². The van der Waals surface area contributed by atoms with Gasteiger partial charge in [0.25, 0.3) is 0 Å². The number of anilines is 1. The minimum atomic E-state index is -0.424. The number of phenolic OH excluding ortho intramolecular Hbond substituents is 1. The summed E-state index contributed by atoms with van der Waals surface area (Å²) in [5.74, 6) is 0.942. The standard InChI is InChI=1S/C21H23FN4O/c1-13-9-15(11-24-21(13)26-8-4-3-5-14(26)2)18-12-23-20(25-18)17-10-16(22)6-7-19(17)27/h6-7,9-11,14,27H,3-5,8,12H2,1-2H3. The zero-order chi connectivity index (χ0) is 19.0. The van der Waals surface area contributed by atoms with Gasteiger partial charge in [0.05, 0.1) is 17.8 Å². The minimum absolute atomic E-state index is 0.0242. The summed E-state index contributed by atoms with van der Waals surface area (Å²) >= 11 is 0. The predicted octanol–water partition coefficient (Wildman–Crippen LogP) is 3.86. The molecule has 0 radical (unpaired) electrons. The number of halogens is 1. The molecule has 1 unspecified atom stereocenters. The van der Waals surface area contributed by atoms with Crippen LogP contribution in [0.4, 0.5) is 10.2 Å². The zero-order valence-electron chi connectivity index (χ0n) is 15.6. The molecule has 1 atom stereocenters. The normalized spacial score (nSPS) is 19.8. The number of hydrogen-bond acceptors (Lipinski definition) is 5. The third kappa shape index (κ3) is 3.44. The van der Waals surface area contributed by atoms with Gasteiger partial charge in [0, 0.05) is 24.3 Å². The Labute approximate surface area is 158 Å². The number of hydrogen-bond donors (Lipinski definition) is 1. The summed E-state index contributed by atoms with van der Waals surface area (Å²) in [5.41, 5.74) is 3.12. The Bertz CT molecular complexity index is 938. The van der Waals surface area contributed by atoms with Crippen molar-refractivity contribution in [2.75, 3.05) is 18.0 Å². The Morgan fingerprint density at radius 2 is 2.07 bits per heavy atom. The van der Waals surface area contributed by atoms with Crippen LogP contribution in [0.5, 0.6) is 5.75 Å². The van der Waals surface area contributed by atoms with E-state index in [1.165, 1.54) is 37.5 Å². The number of piperidine rings is 1. The van der Waals surface area contributed by atoms with E-state index in [1.807, 2.05) is 6.20 Å². The lowest BCUT2D eigenvalue weighted by Gasteiger charge is -2.35. The lowest BCUT2D eigenvalue weighted by molar-refractivity contribution is 0.472. The highest BCUT2D eigenvalue weighted by Crippen LogP contribution is 2.27. The van der Waals surface area contributed by atoms with Crippen molar-refractivity contribution in [3.05, 3.63) is 53.0 Å². The fraction of sp³-hybridized carbons (Fsp3) is 0.381. The van der Waals surface area contributed by atoms with Gasteiger partial charge in [-0.05, 0) is 62.9 Å². The van der Waals surface area contributed by atoms with E-state index in [1.54, 1.807) is 0 Å². The molecular formula is C21H23FN4O. The van der Waals surface area contributed by atoms with E-state index in [2.05, 4.69) is 34.8 Å². The fourth-order valence-corrected chi connectivity index (χ4v) is 3.78. The maximum atomic E-state index is 13.5. The molecule has 2 aliphatic rings. The van der Waals surface area contributed by atoms with Gasteiger partial charge in [0.15, 0.2) is 5.84 Å². The van der Waals surface area contributed by atoms with Gasteiger partial charge in [-0.15, -0.1) is 0 Å². The van der Waals surface area contributed by atoms with E-state index >= 15 is 0 Å². The van der Waals surface area contributed by atoms with Gasteiger partial charge in [0.2, 0.25) is 0 Å². The van der Waals surface area contributed by atoms with Crippen LogP contribution in [0.15, 0.2) is 40.4 Å². The van der Waals surface area contributed by atoms with E-state index in [-0.39, 0.29) is 5.75 Å². The molecule has 2 aromatic rings. The van der Waals surface area contributed by atoms with Gasteiger partial charge >= 0.3 is 0 Å². The second-order valence-electron chi connectivity index (χ2n) is 7.26. The van der Waals surface area contributed by atoms with Crippen molar-refractivity contribution in [3.8, 4) is 5.75 Å². The summed E-state index contributed by atoms with van der Waals surface area (Å²) < 4.78 is 13.5. The summed E-state index contributed by atoms with van der Waals surface area (Å²) in [6, 6.07) is 6.38. The molecule has 27 heavy (non-hydrogen) atoms. The van der Waals surface area contributed by atoms with Crippen molar-refractivity contribution in [1.82, 2.24) is 4.98 Å². The number of aromatic nitrogens is 1. The Kier molecular flexibility index (Phi) is 4.64. The molecule has 1 fully saturated rings. The van der Waals surface area contributed by atoms with Crippen molar-refractivity contribution in [2.45, 2.75) is 39.2 Å². The SMILES string of the molecule is Cc1cc(C2=NC(c3cc(F)ccc3O)=NC2)cnc1N1CCCCC1C. The van der Waals surface area contributed by atoms with Crippen molar-refractivity contribution < 1.29 is 9.50 Å². The number of aromatic hydroxyl groups is 1. The first-order valence-corrected chi connectivity index (χ1v) is 9.37. The lowest BCUT2D eigenvalue weighted by Crippen LogP contribution is -2.38. The summed E-state index contributed by atoms with van der Waals surface area (Å²) in [5, 5.41) is 9.97. The molecule has 2 aliphatic heterocycles. The third-order valence-corrected chi connectivity index (χ3v) is 5.28. The summed E-state index contributed by atoms with van der Waals surface area (Å²) in [6.07, 6.45) is 5.52. The largest absolute Gasteiger partial charge is 0.507 e. The van der Waals surface area contributed by atoms with Crippen LogP contribution in [0.1, 0.15) is 42.9 Å². The second-order valence-corrected chi connectivity index (χ2v) is 7.26. The lowest BCUT2D eigenvalue weighted by atomic mass is 10.0. The molecule has 140 valence electrons. The van der Waals surface area contributed by atoms with Crippen LogP contribution in [-0.4, -0.2) is 40.8 Å². The van der Waals surface area contributed by atoms with Crippen molar-refractivity contribution in [2.24, 2.45) is 9.98 Å². The first-order chi connectivity index (χ1) is 13.0. The van der Waals surface area contributed by atoms with Crippen molar-refractivity contribution >= 4 is 17.4 Å². The van der Waals surface area contributed by atoms with Gasteiger partial charge in [0.1, 0.15) is 17.4 Å². The molecule has 0 saturated carbocycles. The maximum Gasteiger partial charge on any atom is 0.159 e. The van der Waals surface area contributed by atoms with Crippen LogP contribution in [0.2, 0.25) is 0 Å². The molecule has 5 nitrogen and oxygen atoms in total. The van der Waals surface area contributed by atoms with E-state index in [0.29, 0.717) is 24.0 Å². The highest BCUT2D eigenvalue weighted by Gasteiger charge is 2.22. The first-order valence-electron chi connectivity index (χ1n) is 9.37. The maximum absolute atomic E-state index is 13.5. The smallest absolute Gasteiger partial charge is 0.159 e. The monoisotopic (exact) mass is 366 g/mol. The quantitative estimate of drug-likeness (QED) is 0.897. The highest BCUT2D eigenvalue weighted by molar-refractivity contribution is 6.17. The van der Waals surface area contributed by atoms with Crippen molar-refractivity contribution in [3.63, 3.8) is 0 Å². The fourth-order valence-electron chi connectivity index (χ4n) is 3.78. The van der Waals surface area contributed by atoms with Crippen LogP contribution < -0.4 is 4.90 Å². The molecule has 0 amide bonds. The molecule has 4 rings (SSSR count).